The predicted octanol–water partition coefficient (Wildman–Crippen LogP) is 1.62. The molecule has 0 atom stereocenters. The van der Waals surface area contributed by atoms with Gasteiger partial charge in [-0.15, -0.1) is 10.2 Å². The number of nitrogens with two attached hydrogens (primary N) is 1. The number of nitrogens with zero attached hydrogens (tertiary/aromatic N) is 4. The smallest absolute Gasteiger partial charge is 0.170 e. The highest BCUT2D eigenvalue weighted by molar-refractivity contribution is 5.70. The first-order chi connectivity index (χ1) is 9.25. The molecule has 0 aliphatic heterocycles. The molecule has 0 bridgehead atoms. The Labute approximate surface area is 109 Å². The van der Waals surface area contributed by atoms with Crippen LogP contribution in [0.5, 0.6) is 5.75 Å². The van der Waals surface area contributed by atoms with Gasteiger partial charge in [0.1, 0.15) is 5.75 Å². The van der Waals surface area contributed by atoms with Crippen LogP contribution in [0.15, 0.2) is 49.1 Å². The van der Waals surface area contributed by atoms with Crippen molar-refractivity contribution in [2.45, 2.75) is 0 Å². The lowest BCUT2D eigenvalue weighted by Gasteiger charge is -2.08. The minimum Gasteiger partial charge on any atom is -0.507 e. The molecule has 0 unspecified atom stereocenters. The van der Waals surface area contributed by atoms with Gasteiger partial charge in [-0.25, -0.2) is 4.98 Å². The number of aromatic nitrogens is 4. The van der Waals surface area contributed by atoms with Gasteiger partial charge < -0.3 is 15.4 Å². The molecule has 0 spiro atoms. The summed E-state index contributed by atoms with van der Waals surface area (Å²) in [6, 6.07) is 8.71. The van der Waals surface area contributed by atoms with Crippen LogP contribution in [-0.4, -0.2) is 24.9 Å². The van der Waals surface area contributed by atoms with E-state index in [4.69, 9.17) is 5.73 Å². The summed E-state index contributed by atoms with van der Waals surface area (Å²) in [6.45, 7) is 0. The van der Waals surface area contributed by atoms with E-state index in [1.54, 1.807) is 47.6 Å². The van der Waals surface area contributed by atoms with Gasteiger partial charge in [-0.3, -0.25) is 0 Å². The Morgan fingerprint density at radius 1 is 1.16 bits per heavy atom. The van der Waals surface area contributed by atoms with Gasteiger partial charge in [0.25, 0.3) is 0 Å². The average Bonchev–Trinajstić information content (AvgIpc) is 2.94. The lowest BCUT2D eigenvalue weighted by Crippen LogP contribution is -2.03. The third-order valence-electron chi connectivity index (χ3n) is 2.76. The molecule has 0 aliphatic rings. The summed E-state index contributed by atoms with van der Waals surface area (Å²) in [7, 11) is 0. The van der Waals surface area contributed by atoms with Crippen molar-refractivity contribution in [3.05, 3.63) is 49.1 Å². The summed E-state index contributed by atoms with van der Waals surface area (Å²) in [5, 5.41) is 17.8. The van der Waals surface area contributed by atoms with Crippen LogP contribution in [0.3, 0.4) is 0 Å². The normalized spacial score (nSPS) is 10.5. The lowest BCUT2D eigenvalue weighted by atomic mass is 10.1. The molecule has 6 heteroatoms. The number of hydrogen-bond donors (Lipinski definition) is 2. The first-order valence-electron chi connectivity index (χ1n) is 5.65. The van der Waals surface area contributed by atoms with E-state index < -0.39 is 0 Å². The summed E-state index contributed by atoms with van der Waals surface area (Å²) in [5.74, 6) is 0.454. The molecule has 0 saturated heterocycles. The monoisotopic (exact) mass is 253 g/mol. The maximum Gasteiger partial charge on any atom is 0.170 e. The molecular formula is C13H11N5O. The van der Waals surface area contributed by atoms with Gasteiger partial charge in [-0.1, -0.05) is 12.1 Å². The quantitative estimate of drug-likeness (QED) is 0.724. The van der Waals surface area contributed by atoms with Gasteiger partial charge in [0.2, 0.25) is 0 Å². The zero-order chi connectivity index (χ0) is 13.2. The van der Waals surface area contributed by atoms with Crippen molar-refractivity contribution >= 4 is 5.82 Å². The number of anilines is 1. The Kier molecular flexibility index (Phi) is 2.60. The van der Waals surface area contributed by atoms with Gasteiger partial charge in [-0.05, 0) is 18.2 Å². The van der Waals surface area contributed by atoms with Crippen molar-refractivity contribution in [3.8, 4) is 22.7 Å². The van der Waals surface area contributed by atoms with E-state index in [1.165, 1.54) is 0 Å². The number of benzene rings is 1. The van der Waals surface area contributed by atoms with Gasteiger partial charge in [0.05, 0.1) is 17.7 Å². The summed E-state index contributed by atoms with van der Waals surface area (Å²) in [5.41, 5.74) is 7.64. The zero-order valence-corrected chi connectivity index (χ0v) is 9.93. The standard InChI is InChI=1S/C13H11N5O/c14-13-11(18-6-5-15-8-18)7-10(16-17-13)9-3-1-2-4-12(9)19/h1-8,19H,(H2,14,17). The van der Waals surface area contributed by atoms with Gasteiger partial charge in [-0.2, -0.15) is 0 Å². The van der Waals surface area contributed by atoms with Gasteiger partial charge >= 0.3 is 0 Å². The summed E-state index contributed by atoms with van der Waals surface area (Å²) >= 11 is 0. The van der Waals surface area contributed by atoms with Crippen LogP contribution in [0.25, 0.3) is 16.9 Å². The van der Waals surface area contributed by atoms with Crippen molar-refractivity contribution in [2.75, 3.05) is 5.73 Å². The molecule has 0 radical (unpaired) electrons. The molecule has 3 N–H and O–H groups in total. The van der Waals surface area contributed by atoms with Crippen molar-refractivity contribution in [1.82, 2.24) is 19.7 Å². The molecule has 3 rings (SSSR count). The van der Waals surface area contributed by atoms with Crippen molar-refractivity contribution in [1.29, 1.82) is 0 Å². The number of aromatic hydroxyl groups is 1. The van der Waals surface area contributed by atoms with Crippen molar-refractivity contribution in [2.24, 2.45) is 0 Å². The summed E-state index contributed by atoms with van der Waals surface area (Å²) in [6.07, 6.45) is 5.05. The van der Waals surface area contributed by atoms with E-state index >= 15 is 0 Å². The van der Waals surface area contributed by atoms with Crippen LogP contribution in [0, 0.1) is 0 Å². The van der Waals surface area contributed by atoms with Crippen LogP contribution < -0.4 is 5.73 Å². The minimum absolute atomic E-state index is 0.151. The molecule has 3 aromatic rings. The molecular weight excluding hydrogens is 242 g/mol. The van der Waals surface area contributed by atoms with E-state index in [-0.39, 0.29) is 5.75 Å². The molecule has 2 aromatic heterocycles. The fourth-order valence-corrected chi connectivity index (χ4v) is 1.82. The molecule has 0 saturated carbocycles. The largest absolute Gasteiger partial charge is 0.507 e. The maximum atomic E-state index is 9.84. The van der Waals surface area contributed by atoms with E-state index in [0.717, 1.165) is 0 Å². The highest BCUT2D eigenvalue weighted by atomic mass is 16.3. The van der Waals surface area contributed by atoms with Crippen molar-refractivity contribution < 1.29 is 5.11 Å². The number of imidazole rings is 1. The molecule has 1 aromatic carbocycles. The SMILES string of the molecule is Nc1nnc(-c2ccccc2O)cc1-n1ccnc1. The Bertz CT molecular complexity index is 709. The third kappa shape index (κ3) is 1.99. The number of para-hydroxylation sites is 1. The Hall–Kier alpha value is -2.89. The molecule has 94 valence electrons. The average molecular weight is 253 g/mol. The zero-order valence-electron chi connectivity index (χ0n) is 9.93. The second kappa shape index (κ2) is 4.41. The molecule has 19 heavy (non-hydrogen) atoms. The molecule has 6 nitrogen and oxygen atoms in total. The first-order valence-corrected chi connectivity index (χ1v) is 5.65. The van der Waals surface area contributed by atoms with Crippen molar-refractivity contribution in [3.63, 3.8) is 0 Å². The lowest BCUT2D eigenvalue weighted by molar-refractivity contribution is 0.477. The van der Waals surface area contributed by atoms with Crippen LogP contribution >= 0.6 is 0 Å². The highest BCUT2D eigenvalue weighted by Crippen LogP contribution is 2.28. The topological polar surface area (TPSA) is 89.9 Å². The maximum absolute atomic E-state index is 9.84. The number of rotatable bonds is 2. The summed E-state index contributed by atoms with van der Waals surface area (Å²) in [4.78, 5) is 3.97. The Morgan fingerprint density at radius 2 is 2.00 bits per heavy atom. The fourth-order valence-electron chi connectivity index (χ4n) is 1.82. The van der Waals surface area contributed by atoms with Gasteiger partial charge in [0, 0.05) is 18.0 Å². The van der Waals surface area contributed by atoms with E-state index in [1.807, 2.05) is 6.07 Å². The van der Waals surface area contributed by atoms with E-state index in [2.05, 4.69) is 15.2 Å². The third-order valence-corrected chi connectivity index (χ3v) is 2.76. The highest BCUT2D eigenvalue weighted by Gasteiger charge is 2.10. The first kappa shape index (κ1) is 11.2. The van der Waals surface area contributed by atoms with Crippen LogP contribution in [0.2, 0.25) is 0 Å². The van der Waals surface area contributed by atoms with Crippen LogP contribution in [0.4, 0.5) is 5.82 Å². The fraction of sp³-hybridized carbons (Fsp3) is 0. The molecule has 0 aliphatic carbocycles. The number of nitrogen functional groups attached to an aromatic ring is 1. The van der Waals surface area contributed by atoms with Crippen LogP contribution in [-0.2, 0) is 0 Å². The number of phenolic OH excluding ortho intramolecular Hbond substituents is 1. The Morgan fingerprint density at radius 3 is 2.74 bits per heavy atom. The second-order valence-electron chi connectivity index (χ2n) is 3.99. The number of phenols is 1. The molecule has 0 amide bonds. The van der Waals surface area contributed by atoms with E-state index in [0.29, 0.717) is 22.8 Å². The predicted molar refractivity (Wildman–Crippen MR) is 70.7 cm³/mol. The second-order valence-corrected chi connectivity index (χ2v) is 3.99. The molecule has 2 heterocycles. The Balaban J connectivity index is 2.15. The van der Waals surface area contributed by atoms with Crippen LogP contribution in [0.1, 0.15) is 0 Å². The minimum atomic E-state index is 0.151. The number of hydrogen-bond acceptors (Lipinski definition) is 5. The van der Waals surface area contributed by atoms with Gasteiger partial charge in [0.15, 0.2) is 5.82 Å². The van der Waals surface area contributed by atoms with E-state index in [9.17, 15) is 5.11 Å². The molecule has 0 fully saturated rings. The summed E-state index contributed by atoms with van der Waals surface area (Å²) < 4.78 is 1.74.